The van der Waals surface area contributed by atoms with Crippen molar-refractivity contribution < 1.29 is 13.9 Å². The van der Waals surface area contributed by atoms with Crippen molar-refractivity contribution in [3.63, 3.8) is 0 Å². The fourth-order valence-electron chi connectivity index (χ4n) is 1.73. The number of benzene rings is 2. The minimum Gasteiger partial charge on any atom is -0.493 e. The Kier molecular flexibility index (Phi) is 6.33. The fraction of sp³-hybridized carbons (Fsp3) is 0.125. The standard InChI is InChI=1S/C16H15FIN3O2/c1-2-23-15-8-3-11(9-14(15)18)10-19-21-16(22)20-13-6-4-12(17)5-7-13/h3-10H,2H2,1H3,(H2,20,21,22)/b19-10+. The predicted octanol–water partition coefficient (Wildman–Crippen LogP) is 3.98. The lowest BCUT2D eigenvalue weighted by Gasteiger charge is -2.06. The first-order valence-corrected chi connectivity index (χ1v) is 7.94. The number of rotatable bonds is 5. The molecule has 0 heterocycles. The number of carbonyl (C=O) groups is 1. The Bertz CT molecular complexity index is 705. The Morgan fingerprint density at radius 1 is 1.30 bits per heavy atom. The number of hydrazone groups is 1. The number of nitrogens with zero attached hydrogens (tertiary/aromatic N) is 1. The summed E-state index contributed by atoms with van der Waals surface area (Å²) >= 11 is 2.18. The van der Waals surface area contributed by atoms with Gasteiger partial charge in [-0.2, -0.15) is 5.10 Å². The third-order valence-electron chi connectivity index (χ3n) is 2.74. The normalized spacial score (nSPS) is 10.6. The summed E-state index contributed by atoms with van der Waals surface area (Å²) in [5, 5.41) is 6.41. The molecule has 0 aliphatic heterocycles. The second-order valence-electron chi connectivity index (χ2n) is 4.45. The number of hydrogen-bond acceptors (Lipinski definition) is 3. The van der Waals surface area contributed by atoms with Crippen molar-refractivity contribution in [2.24, 2.45) is 5.10 Å². The monoisotopic (exact) mass is 427 g/mol. The van der Waals surface area contributed by atoms with E-state index in [0.717, 1.165) is 14.9 Å². The van der Waals surface area contributed by atoms with E-state index in [-0.39, 0.29) is 5.82 Å². The number of urea groups is 1. The molecule has 0 atom stereocenters. The van der Waals surface area contributed by atoms with Crippen molar-refractivity contribution in [2.75, 3.05) is 11.9 Å². The number of anilines is 1. The van der Waals surface area contributed by atoms with Gasteiger partial charge in [-0.25, -0.2) is 14.6 Å². The molecule has 23 heavy (non-hydrogen) atoms. The third kappa shape index (κ3) is 5.51. The summed E-state index contributed by atoms with van der Waals surface area (Å²) in [5.74, 6) is 0.450. The van der Waals surface area contributed by atoms with Crippen molar-refractivity contribution in [1.82, 2.24) is 5.43 Å². The van der Waals surface area contributed by atoms with E-state index in [2.05, 4.69) is 38.4 Å². The van der Waals surface area contributed by atoms with Crippen molar-refractivity contribution in [3.8, 4) is 5.75 Å². The summed E-state index contributed by atoms with van der Waals surface area (Å²) < 4.78 is 19.2. The molecule has 0 fully saturated rings. The van der Waals surface area contributed by atoms with Gasteiger partial charge in [0.05, 0.1) is 16.4 Å². The van der Waals surface area contributed by atoms with Crippen LogP contribution in [0.25, 0.3) is 0 Å². The number of nitrogens with one attached hydrogen (secondary N) is 2. The van der Waals surface area contributed by atoms with Crippen LogP contribution < -0.4 is 15.5 Å². The number of carbonyl (C=O) groups excluding carboxylic acids is 1. The van der Waals surface area contributed by atoms with Gasteiger partial charge in [0.2, 0.25) is 0 Å². The Hall–Kier alpha value is -2.16. The number of ether oxygens (including phenoxy) is 1. The third-order valence-corrected chi connectivity index (χ3v) is 3.58. The smallest absolute Gasteiger partial charge is 0.339 e. The summed E-state index contributed by atoms with van der Waals surface area (Å²) in [5.41, 5.74) is 3.66. The molecule has 2 rings (SSSR count). The molecular weight excluding hydrogens is 412 g/mol. The van der Waals surface area contributed by atoms with Gasteiger partial charge in [0.1, 0.15) is 11.6 Å². The molecule has 2 aromatic carbocycles. The molecular formula is C16H15FIN3O2. The summed E-state index contributed by atoms with van der Waals surface area (Å²) in [6.07, 6.45) is 1.53. The molecule has 2 N–H and O–H groups in total. The molecule has 0 bridgehead atoms. The fourth-order valence-corrected chi connectivity index (χ4v) is 2.42. The van der Waals surface area contributed by atoms with Crippen LogP contribution in [0.2, 0.25) is 0 Å². The van der Waals surface area contributed by atoms with E-state index in [9.17, 15) is 9.18 Å². The molecule has 0 aromatic heterocycles. The van der Waals surface area contributed by atoms with Gasteiger partial charge in [-0.15, -0.1) is 0 Å². The van der Waals surface area contributed by atoms with E-state index in [1.54, 1.807) is 0 Å². The molecule has 0 unspecified atom stereocenters. The van der Waals surface area contributed by atoms with Crippen molar-refractivity contribution >= 4 is 40.5 Å². The zero-order valence-corrected chi connectivity index (χ0v) is 14.5. The topological polar surface area (TPSA) is 62.7 Å². The maximum atomic E-state index is 12.8. The SMILES string of the molecule is CCOc1ccc(/C=N/NC(=O)Nc2ccc(F)cc2)cc1I. The van der Waals surface area contributed by atoms with Crippen LogP contribution in [-0.4, -0.2) is 18.9 Å². The summed E-state index contributed by atoms with van der Waals surface area (Å²) in [4.78, 5) is 11.6. The molecule has 0 aliphatic carbocycles. The molecule has 120 valence electrons. The molecule has 2 aromatic rings. The highest BCUT2D eigenvalue weighted by Crippen LogP contribution is 2.21. The van der Waals surface area contributed by atoms with E-state index in [0.29, 0.717) is 12.3 Å². The number of amides is 2. The van der Waals surface area contributed by atoms with Crippen LogP contribution in [0.15, 0.2) is 47.6 Å². The predicted molar refractivity (Wildman–Crippen MR) is 96.5 cm³/mol. The molecule has 2 amide bonds. The van der Waals surface area contributed by atoms with Gasteiger partial charge in [-0.3, -0.25) is 0 Å². The molecule has 0 saturated heterocycles. The Labute approximate surface area is 147 Å². The Morgan fingerprint density at radius 2 is 2.04 bits per heavy atom. The van der Waals surface area contributed by atoms with Crippen LogP contribution in [0.5, 0.6) is 5.75 Å². The van der Waals surface area contributed by atoms with E-state index < -0.39 is 6.03 Å². The van der Waals surface area contributed by atoms with E-state index in [1.165, 1.54) is 30.5 Å². The zero-order chi connectivity index (χ0) is 16.7. The molecule has 0 radical (unpaired) electrons. The van der Waals surface area contributed by atoms with Crippen LogP contribution in [0, 0.1) is 9.39 Å². The minimum absolute atomic E-state index is 0.362. The highest BCUT2D eigenvalue weighted by atomic mass is 127. The average molecular weight is 427 g/mol. The van der Waals surface area contributed by atoms with Crippen LogP contribution in [0.1, 0.15) is 12.5 Å². The lowest BCUT2D eigenvalue weighted by Crippen LogP contribution is -2.24. The summed E-state index contributed by atoms with van der Waals surface area (Å²) in [7, 11) is 0. The molecule has 7 heteroatoms. The first-order chi connectivity index (χ1) is 11.1. The van der Waals surface area contributed by atoms with E-state index in [4.69, 9.17) is 4.74 Å². The van der Waals surface area contributed by atoms with Gasteiger partial charge in [0.25, 0.3) is 0 Å². The van der Waals surface area contributed by atoms with Crippen molar-refractivity contribution in [1.29, 1.82) is 0 Å². The second kappa shape index (κ2) is 8.47. The van der Waals surface area contributed by atoms with E-state index >= 15 is 0 Å². The van der Waals surface area contributed by atoms with Crippen molar-refractivity contribution in [2.45, 2.75) is 6.92 Å². The number of hydrogen-bond donors (Lipinski definition) is 2. The number of halogens is 2. The highest BCUT2D eigenvalue weighted by molar-refractivity contribution is 14.1. The second-order valence-corrected chi connectivity index (χ2v) is 5.62. The maximum absolute atomic E-state index is 12.8. The van der Waals surface area contributed by atoms with Crippen LogP contribution >= 0.6 is 22.6 Å². The van der Waals surface area contributed by atoms with Gasteiger partial charge in [0.15, 0.2) is 0 Å². The van der Waals surface area contributed by atoms with Gasteiger partial charge in [-0.1, -0.05) is 0 Å². The molecule has 0 aliphatic rings. The maximum Gasteiger partial charge on any atom is 0.339 e. The zero-order valence-electron chi connectivity index (χ0n) is 12.3. The largest absolute Gasteiger partial charge is 0.493 e. The van der Waals surface area contributed by atoms with Crippen LogP contribution in [0.4, 0.5) is 14.9 Å². The van der Waals surface area contributed by atoms with Crippen molar-refractivity contribution in [3.05, 3.63) is 57.4 Å². The minimum atomic E-state index is -0.506. The quantitative estimate of drug-likeness (QED) is 0.431. The van der Waals surface area contributed by atoms with Crippen LogP contribution in [-0.2, 0) is 0 Å². The Morgan fingerprint density at radius 3 is 2.70 bits per heavy atom. The Balaban J connectivity index is 1.89. The van der Waals surface area contributed by atoms with Gasteiger partial charge < -0.3 is 10.1 Å². The average Bonchev–Trinajstić information content (AvgIpc) is 2.52. The first-order valence-electron chi connectivity index (χ1n) is 6.86. The van der Waals surface area contributed by atoms with Gasteiger partial charge in [-0.05, 0) is 77.5 Å². The first kappa shape index (κ1) is 17.2. The summed E-state index contributed by atoms with van der Waals surface area (Å²) in [6.45, 7) is 2.53. The van der Waals surface area contributed by atoms with Crippen LogP contribution in [0.3, 0.4) is 0 Å². The lowest BCUT2D eigenvalue weighted by atomic mass is 10.2. The lowest BCUT2D eigenvalue weighted by molar-refractivity contribution is 0.252. The molecule has 5 nitrogen and oxygen atoms in total. The molecule has 0 spiro atoms. The van der Waals surface area contributed by atoms with E-state index in [1.807, 2.05) is 25.1 Å². The molecule has 0 saturated carbocycles. The van der Waals surface area contributed by atoms with Gasteiger partial charge >= 0.3 is 6.03 Å². The van der Waals surface area contributed by atoms with Gasteiger partial charge in [0, 0.05) is 5.69 Å². The highest BCUT2D eigenvalue weighted by Gasteiger charge is 2.02. The summed E-state index contributed by atoms with van der Waals surface area (Å²) in [6, 6.07) is 10.5.